The van der Waals surface area contributed by atoms with E-state index in [2.05, 4.69) is 17.6 Å². The first kappa shape index (κ1) is 22.0. The van der Waals surface area contributed by atoms with Crippen molar-refractivity contribution in [1.29, 1.82) is 5.26 Å². The van der Waals surface area contributed by atoms with Crippen LogP contribution in [0, 0.1) is 34.5 Å². The third-order valence-corrected chi connectivity index (χ3v) is 7.71. The van der Waals surface area contributed by atoms with Crippen molar-refractivity contribution in [2.45, 2.75) is 57.7 Å². The van der Waals surface area contributed by atoms with Crippen LogP contribution in [-0.4, -0.2) is 11.9 Å². The van der Waals surface area contributed by atoms with E-state index >= 15 is 0 Å². The van der Waals surface area contributed by atoms with Gasteiger partial charge in [-0.2, -0.15) is 18.4 Å². The molecule has 2 N–H and O–H groups in total. The summed E-state index contributed by atoms with van der Waals surface area (Å²) in [6.45, 7) is 2.10. The van der Waals surface area contributed by atoms with Gasteiger partial charge in [0.25, 0.3) is 5.91 Å². The van der Waals surface area contributed by atoms with Crippen LogP contribution in [0.4, 0.5) is 18.9 Å². The fourth-order valence-corrected chi connectivity index (χ4v) is 6.49. The molecule has 31 heavy (non-hydrogen) atoms. The monoisotopic (exact) mass is 451 g/mol. The SMILES string of the molecule is CC(N/C=C(/C#N)C(=O)Nc1ccc(Cl)c(C(F)(F)F)c1)C12CC3CC(CC(C3)C1)C2. The number of nitrogens with zero attached hydrogens (tertiary/aromatic N) is 1. The summed E-state index contributed by atoms with van der Waals surface area (Å²) in [6, 6.07) is 5.07. The van der Waals surface area contributed by atoms with Crippen LogP contribution in [0.25, 0.3) is 0 Å². The van der Waals surface area contributed by atoms with E-state index in [-0.39, 0.29) is 22.7 Å². The van der Waals surface area contributed by atoms with Gasteiger partial charge in [0.1, 0.15) is 11.6 Å². The van der Waals surface area contributed by atoms with E-state index in [9.17, 15) is 23.2 Å². The Balaban J connectivity index is 1.44. The lowest BCUT2D eigenvalue weighted by atomic mass is 9.48. The quantitative estimate of drug-likeness (QED) is 0.432. The maximum absolute atomic E-state index is 13.0. The molecule has 166 valence electrons. The van der Waals surface area contributed by atoms with E-state index < -0.39 is 22.7 Å². The van der Waals surface area contributed by atoms with Crippen molar-refractivity contribution in [3.63, 3.8) is 0 Å². The van der Waals surface area contributed by atoms with Crippen molar-refractivity contribution in [2.75, 3.05) is 5.32 Å². The average molecular weight is 452 g/mol. The minimum atomic E-state index is -4.64. The van der Waals surface area contributed by atoms with E-state index in [1.807, 2.05) is 6.07 Å². The zero-order chi connectivity index (χ0) is 22.4. The molecule has 0 aromatic heterocycles. The first-order valence-electron chi connectivity index (χ1n) is 10.6. The Morgan fingerprint density at radius 1 is 1.23 bits per heavy atom. The molecule has 8 heteroatoms. The second kappa shape index (κ2) is 8.05. The summed E-state index contributed by atoms with van der Waals surface area (Å²) >= 11 is 5.61. The molecule has 1 amide bonds. The molecule has 1 aromatic rings. The average Bonchev–Trinajstić information content (AvgIpc) is 2.68. The Kier molecular flexibility index (Phi) is 5.72. The number of hydrogen-bond donors (Lipinski definition) is 2. The highest BCUT2D eigenvalue weighted by Crippen LogP contribution is 2.61. The molecule has 5 rings (SSSR count). The third-order valence-electron chi connectivity index (χ3n) is 7.38. The second-order valence-corrected chi connectivity index (χ2v) is 9.89. The second-order valence-electron chi connectivity index (χ2n) is 9.48. The summed E-state index contributed by atoms with van der Waals surface area (Å²) in [4.78, 5) is 12.5. The number of benzene rings is 1. The van der Waals surface area contributed by atoms with Crippen molar-refractivity contribution in [1.82, 2.24) is 5.32 Å². The Bertz CT molecular complexity index is 915. The lowest BCUT2D eigenvalue weighted by molar-refractivity contribution is -0.137. The van der Waals surface area contributed by atoms with Gasteiger partial charge in [0.2, 0.25) is 0 Å². The zero-order valence-corrected chi connectivity index (χ0v) is 18.0. The highest BCUT2D eigenvalue weighted by molar-refractivity contribution is 6.31. The molecule has 4 aliphatic rings. The number of carbonyl (C=O) groups is 1. The zero-order valence-electron chi connectivity index (χ0n) is 17.2. The van der Waals surface area contributed by atoms with Crippen LogP contribution >= 0.6 is 11.6 Å². The molecule has 4 aliphatic carbocycles. The lowest BCUT2D eigenvalue weighted by Gasteiger charge is -2.59. The van der Waals surface area contributed by atoms with Gasteiger partial charge in [-0.3, -0.25) is 4.79 Å². The largest absolute Gasteiger partial charge is 0.417 e. The van der Waals surface area contributed by atoms with Crippen LogP contribution in [0.15, 0.2) is 30.0 Å². The third kappa shape index (κ3) is 4.41. The van der Waals surface area contributed by atoms with Crippen LogP contribution in [-0.2, 0) is 11.0 Å². The number of amides is 1. The van der Waals surface area contributed by atoms with Crippen molar-refractivity contribution in [2.24, 2.45) is 23.2 Å². The standard InChI is InChI=1S/C23H25ClF3N3O/c1-13(22-8-14-4-15(9-22)6-16(5-14)10-22)29-12-17(11-28)21(31)30-18-2-3-20(24)19(7-18)23(25,26)27/h2-3,7,12-16,29H,4-6,8-10H2,1H3,(H,30,31)/b17-12-. The normalized spacial score (nSPS) is 30.6. The minimum Gasteiger partial charge on any atom is -0.387 e. The molecule has 0 radical (unpaired) electrons. The highest BCUT2D eigenvalue weighted by atomic mass is 35.5. The van der Waals surface area contributed by atoms with Gasteiger partial charge >= 0.3 is 6.18 Å². The highest BCUT2D eigenvalue weighted by Gasteiger charge is 2.53. The van der Waals surface area contributed by atoms with Gasteiger partial charge in [-0.1, -0.05) is 11.6 Å². The minimum absolute atomic E-state index is 0.0722. The molecule has 4 saturated carbocycles. The summed E-state index contributed by atoms with van der Waals surface area (Å²) in [7, 11) is 0. The summed E-state index contributed by atoms with van der Waals surface area (Å²) in [6.07, 6.45) is 4.29. The number of rotatable bonds is 5. The Labute approximate surface area is 184 Å². The molecule has 4 fully saturated rings. The summed E-state index contributed by atoms with van der Waals surface area (Å²) in [5, 5.41) is 14.6. The van der Waals surface area contributed by atoms with Gasteiger partial charge in [0.15, 0.2) is 0 Å². The van der Waals surface area contributed by atoms with Gasteiger partial charge < -0.3 is 10.6 Å². The lowest BCUT2D eigenvalue weighted by Crippen LogP contribution is -2.54. The Morgan fingerprint density at radius 2 is 1.81 bits per heavy atom. The summed E-state index contributed by atoms with van der Waals surface area (Å²) in [5.74, 6) is 1.59. The predicted octanol–water partition coefficient (Wildman–Crippen LogP) is 5.90. The number of hydrogen-bond acceptors (Lipinski definition) is 3. The van der Waals surface area contributed by atoms with Crippen molar-refractivity contribution < 1.29 is 18.0 Å². The summed E-state index contributed by atoms with van der Waals surface area (Å²) in [5.41, 5.74) is -1.10. The van der Waals surface area contributed by atoms with Gasteiger partial charge in [0, 0.05) is 17.9 Å². The van der Waals surface area contributed by atoms with Gasteiger partial charge in [-0.05, 0) is 86.8 Å². The number of nitrogens with one attached hydrogen (secondary N) is 2. The van der Waals surface area contributed by atoms with Crippen LogP contribution in [0.5, 0.6) is 0 Å². The molecule has 4 nitrogen and oxygen atoms in total. The molecule has 0 spiro atoms. The first-order valence-corrected chi connectivity index (χ1v) is 11.0. The van der Waals surface area contributed by atoms with Crippen LogP contribution in [0.2, 0.25) is 5.02 Å². The van der Waals surface area contributed by atoms with E-state index in [4.69, 9.17) is 11.6 Å². The van der Waals surface area contributed by atoms with E-state index in [0.29, 0.717) is 0 Å². The molecule has 1 unspecified atom stereocenters. The number of nitriles is 1. The van der Waals surface area contributed by atoms with E-state index in [1.54, 1.807) is 0 Å². The molecule has 0 aliphatic heterocycles. The van der Waals surface area contributed by atoms with Gasteiger partial charge in [-0.25, -0.2) is 0 Å². The van der Waals surface area contributed by atoms with Gasteiger partial charge in [-0.15, -0.1) is 0 Å². The van der Waals surface area contributed by atoms with Crippen LogP contribution in [0.3, 0.4) is 0 Å². The van der Waals surface area contributed by atoms with Crippen molar-refractivity contribution in [3.05, 3.63) is 40.6 Å². The summed E-state index contributed by atoms with van der Waals surface area (Å²) < 4.78 is 39.1. The topological polar surface area (TPSA) is 64.9 Å². The molecular formula is C23H25ClF3N3O. The van der Waals surface area contributed by atoms with Crippen molar-refractivity contribution in [3.8, 4) is 6.07 Å². The Hall–Kier alpha value is -2.20. The Morgan fingerprint density at radius 3 is 2.32 bits per heavy atom. The fraction of sp³-hybridized carbons (Fsp3) is 0.565. The number of halogens is 4. The van der Waals surface area contributed by atoms with E-state index in [1.165, 1.54) is 50.8 Å². The van der Waals surface area contributed by atoms with E-state index in [0.717, 1.165) is 29.9 Å². The van der Waals surface area contributed by atoms with Crippen molar-refractivity contribution >= 4 is 23.2 Å². The maximum Gasteiger partial charge on any atom is 0.417 e. The number of anilines is 1. The fourth-order valence-electron chi connectivity index (χ4n) is 6.26. The number of carbonyl (C=O) groups excluding carboxylic acids is 1. The van der Waals surface area contributed by atoms with Gasteiger partial charge in [0.05, 0.1) is 10.6 Å². The molecule has 0 heterocycles. The number of alkyl halides is 3. The molecule has 0 saturated heterocycles. The molecule has 1 aromatic carbocycles. The first-order chi connectivity index (χ1) is 14.6. The predicted molar refractivity (Wildman–Crippen MR) is 112 cm³/mol. The smallest absolute Gasteiger partial charge is 0.387 e. The molecular weight excluding hydrogens is 427 g/mol. The van der Waals surface area contributed by atoms with Crippen LogP contribution in [0.1, 0.15) is 51.0 Å². The maximum atomic E-state index is 13.0. The molecule has 4 bridgehead atoms. The molecule has 1 atom stereocenters. The van der Waals surface area contributed by atoms with Crippen LogP contribution < -0.4 is 10.6 Å².